The number of nitrogens with zero attached hydrogens (tertiary/aromatic N) is 3. The van der Waals surface area contributed by atoms with Crippen molar-refractivity contribution in [3.8, 4) is 11.5 Å². The van der Waals surface area contributed by atoms with Gasteiger partial charge >= 0.3 is 6.18 Å². The SMILES string of the molecule is C[C@H](Cn1cncn1)c1ccc(Oc2ccc(Cl)cc2)cc1C(F)(F)F. The fourth-order valence-electron chi connectivity index (χ4n) is 2.62. The van der Waals surface area contributed by atoms with Gasteiger partial charge in [-0.2, -0.15) is 18.3 Å². The molecule has 0 saturated heterocycles. The van der Waals surface area contributed by atoms with Crippen molar-refractivity contribution in [2.24, 2.45) is 0 Å². The highest BCUT2D eigenvalue weighted by atomic mass is 35.5. The normalized spacial score (nSPS) is 12.8. The van der Waals surface area contributed by atoms with E-state index in [1.807, 2.05) is 0 Å². The first-order chi connectivity index (χ1) is 12.3. The lowest BCUT2D eigenvalue weighted by molar-refractivity contribution is -0.138. The Labute approximate surface area is 153 Å². The molecule has 0 fully saturated rings. The van der Waals surface area contributed by atoms with Gasteiger partial charge in [0.15, 0.2) is 0 Å². The highest BCUT2D eigenvalue weighted by Crippen LogP contribution is 2.38. The smallest absolute Gasteiger partial charge is 0.416 e. The van der Waals surface area contributed by atoms with Gasteiger partial charge in [-0.3, -0.25) is 4.68 Å². The van der Waals surface area contributed by atoms with Crippen LogP contribution in [0.1, 0.15) is 24.0 Å². The molecule has 0 aliphatic rings. The zero-order valence-corrected chi connectivity index (χ0v) is 14.5. The third-order valence-corrected chi connectivity index (χ3v) is 4.09. The molecule has 4 nitrogen and oxygen atoms in total. The van der Waals surface area contributed by atoms with E-state index >= 15 is 0 Å². The van der Waals surface area contributed by atoms with E-state index in [1.165, 1.54) is 29.5 Å². The highest BCUT2D eigenvalue weighted by Gasteiger charge is 2.35. The molecule has 0 amide bonds. The van der Waals surface area contributed by atoms with Crippen molar-refractivity contribution in [1.29, 1.82) is 0 Å². The number of halogens is 4. The van der Waals surface area contributed by atoms with Crippen molar-refractivity contribution in [1.82, 2.24) is 14.8 Å². The van der Waals surface area contributed by atoms with Gasteiger partial charge in [0.25, 0.3) is 0 Å². The minimum absolute atomic E-state index is 0.108. The monoisotopic (exact) mass is 381 g/mol. The zero-order chi connectivity index (χ0) is 18.7. The molecular weight excluding hydrogens is 367 g/mol. The molecule has 1 atom stereocenters. The van der Waals surface area contributed by atoms with Gasteiger partial charge in [0.2, 0.25) is 0 Å². The maximum absolute atomic E-state index is 13.6. The number of hydrogen-bond acceptors (Lipinski definition) is 3. The summed E-state index contributed by atoms with van der Waals surface area (Å²) in [5.74, 6) is 0.111. The van der Waals surface area contributed by atoms with Gasteiger partial charge < -0.3 is 4.74 Å². The number of benzene rings is 2. The molecule has 0 N–H and O–H groups in total. The molecule has 0 bridgehead atoms. The Balaban J connectivity index is 1.89. The molecule has 1 aromatic heterocycles. The molecule has 0 spiro atoms. The Morgan fingerprint density at radius 2 is 1.81 bits per heavy atom. The van der Waals surface area contributed by atoms with Crippen LogP contribution >= 0.6 is 11.6 Å². The van der Waals surface area contributed by atoms with E-state index in [-0.39, 0.29) is 11.3 Å². The summed E-state index contributed by atoms with van der Waals surface area (Å²) in [6, 6.07) is 10.4. The average Bonchev–Trinajstić information content (AvgIpc) is 3.09. The van der Waals surface area contributed by atoms with Gasteiger partial charge in [0, 0.05) is 17.5 Å². The third-order valence-electron chi connectivity index (χ3n) is 3.84. The lowest BCUT2D eigenvalue weighted by Gasteiger charge is -2.19. The molecular formula is C18H15ClF3N3O. The van der Waals surface area contributed by atoms with Crippen LogP contribution in [0.5, 0.6) is 11.5 Å². The fraction of sp³-hybridized carbons (Fsp3) is 0.222. The molecule has 0 saturated carbocycles. The lowest BCUT2D eigenvalue weighted by Crippen LogP contribution is -2.14. The third kappa shape index (κ3) is 4.35. The van der Waals surface area contributed by atoms with Crippen LogP contribution in [-0.2, 0) is 12.7 Å². The summed E-state index contributed by atoms with van der Waals surface area (Å²) >= 11 is 5.80. The van der Waals surface area contributed by atoms with Crippen LogP contribution in [0.4, 0.5) is 13.2 Å². The van der Waals surface area contributed by atoms with Gasteiger partial charge in [-0.15, -0.1) is 0 Å². The number of aromatic nitrogens is 3. The number of hydrogen-bond donors (Lipinski definition) is 0. The second-order valence-corrected chi connectivity index (χ2v) is 6.26. The molecule has 0 unspecified atom stereocenters. The predicted octanol–water partition coefficient (Wildman–Crippen LogP) is 5.55. The summed E-state index contributed by atoms with van der Waals surface area (Å²) in [5, 5.41) is 4.46. The van der Waals surface area contributed by atoms with Crippen molar-refractivity contribution in [3.63, 3.8) is 0 Å². The molecule has 0 radical (unpaired) electrons. The molecule has 0 aliphatic carbocycles. The largest absolute Gasteiger partial charge is 0.457 e. The standard InChI is InChI=1S/C18H15ClF3N3O/c1-12(9-25-11-23-10-24-25)16-7-6-15(8-17(16)18(20,21)22)26-14-4-2-13(19)3-5-14/h2-8,10-12H,9H2,1H3/t12-/m1/s1. The molecule has 2 aromatic carbocycles. The van der Waals surface area contributed by atoms with E-state index in [2.05, 4.69) is 10.1 Å². The van der Waals surface area contributed by atoms with E-state index in [0.717, 1.165) is 6.07 Å². The molecule has 0 aliphatic heterocycles. The fourth-order valence-corrected chi connectivity index (χ4v) is 2.74. The maximum Gasteiger partial charge on any atom is 0.416 e. The minimum Gasteiger partial charge on any atom is -0.457 e. The van der Waals surface area contributed by atoms with Crippen molar-refractivity contribution in [2.75, 3.05) is 0 Å². The topological polar surface area (TPSA) is 39.9 Å². The second-order valence-electron chi connectivity index (χ2n) is 5.82. The van der Waals surface area contributed by atoms with Crippen molar-refractivity contribution in [3.05, 3.63) is 71.3 Å². The number of alkyl halides is 3. The van der Waals surface area contributed by atoms with Crippen LogP contribution in [0.2, 0.25) is 5.02 Å². The van der Waals surface area contributed by atoms with E-state index < -0.39 is 17.7 Å². The van der Waals surface area contributed by atoms with Crippen LogP contribution in [0.25, 0.3) is 0 Å². The molecule has 3 aromatic rings. The Kier molecular flexibility index (Phi) is 5.18. The van der Waals surface area contributed by atoms with E-state index in [9.17, 15) is 13.2 Å². The Morgan fingerprint density at radius 1 is 1.12 bits per heavy atom. The van der Waals surface area contributed by atoms with E-state index in [1.54, 1.807) is 31.2 Å². The van der Waals surface area contributed by atoms with Gasteiger partial charge in [0.1, 0.15) is 24.2 Å². The zero-order valence-electron chi connectivity index (χ0n) is 13.7. The Morgan fingerprint density at radius 3 is 2.42 bits per heavy atom. The number of ether oxygens (including phenoxy) is 1. The van der Waals surface area contributed by atoms with Crippen LogP contribution < -0.4 is 4.74 Å². The maximum atomic E-state index is 13.6. The summed E-state index contributed by atoms with van der Waals surface area (Å²) in [6.45, 7) is 2.01. The minimum atomic E-state index is -4.49. The van der Waals surface area contributed by atoms with E-state index in [4.69, 9.17) is 16.3 Å². The predicted molar refractivity (Wildman–Crippen MR) is 91.4 cm³/mol. The van der Waals surface area contributed by atoms with Crippen molar-refractivity contribution < 1.29 is 17.9 Å². The lowest BCUT2D eigenvalue weighted by atomic mass is 9.95. The molecule has 3 rings (SSSR count). The summed E-state index contributed by atoms with van der Waals surface area (Å²) in [6.07, 6.45) is -1.67. The second kappa shape index (κ2) is 7.37. The average molecular weight is 382 g/mol. The van der Waals surface area contributed by atoms with Gasteiger partial charge in [-0.1, -0.05) is 24.6 Å². The van der Waals surface area contributed by atoms with Gasteiger partial charge in [-0.05, 0) is 42.0 Å². The van der Waals surface area contributed by atoms with E-state index in [0.29, 0.717) is 17.3 Å². The molecule has 26 heavy (non-hydrogen) atoms. The van der Waals surface area contributed by atoms with Crippen LogP contribution in [0.15, 0.2) is 55.1 Å². The molecule has 8 heteroatoms. The Bertz CT molecular complexity index is 864. The van der Waals surface area contributed by atoms with Crippen molar-refractivity contribution >= 4 is 11.6 Å². The van der Waals surface area contributed by atoms with Crippen LogP contribution in [0, 0.1) is 0 Å². The number of rotatable bonds is 5. The summed E-state index contributed by atoms with van der Waals surface area (Å²) < 4.78 is 47.7. The van der Waals surface area contributed by atoms with Crippen LogP contribution in [0.3, 0.4) is 0 Å². The van der Waals surface area contributed by atoms with Gasteiger partial charge in [0.05, 0.1) is 5.56 Å². The first-order valence-electron chi connectivity index (χ1n) is 7.80. The summed E-state index contributed by atoms with van der Waals surface area (Å²) in [7, 11) is 0. The summed E-state index contributed by atoms with van der Waals surface area (Å²) in [4.78, 5) is 3.81. The van der Waals surface area contributed by atoms with Gasteiger partial charge in [-0.25, -0.2) is 4.98 Å². The van der Waals surface area contributed by atoms with Crippen molar-refractivity contribution in [2.45, 2.75) is 25.6 Å². The highest BCUT2D eigenvalue weighted by molar-refractivity contribution is 6.30. The first kappa shape index (κ1) is 18.3. The molecule has 136 valence electrons. The first-order valence-corrected chi connectivity index (χ1v) is 8.17. The summed E-state index contributed by atoms with van der Waals surface area (Å²) in [5.41, 5.74) is -0.548. The van der Waals surface area contributed by atoms with Crippen LogP contribution in [-0.4, -0.2) is 14.8 Å². The quantitative estimate of drug-likeness (QED) is 0.582. The Hall–Kier alpha value is -2.54. The molecule has 1 heterocycles.